The Labute approximate surface area is 150 Å². The normalized spacial score (nSPS) is 10.4. The molecule has 0 atom stereocenters. The van der Waals surface area contributed by atoms with Gasteiger partial charge in [-0.25, -0.2) is 4.98 Å². The molecule has 5 heteroatoms. The molecule has 4 rings (SSSR count). The number of nitrogens with one attached hydrogen (secondary N) is 1. The SMILES string of the molecule is N#Cc1cccc(C(=O)Nc2ccc(-c3cn4ccccc4n3)cc2)c1. The maximum absolute atomic E-state index is 12.3. The Hall–Kier alpha value is -3.91. The number of nitriles is 1. The smallest absolute Gasteiger partial charge is 0.255 e. The highest BCUT2D eigenvalue weighted by molar-refractivity contribution is 6.04. The quantitative estimate of drug-likeness (QED) is 0.611. The Morgan fingerprint density at radius 2 is 1.88 bits per heavy atom. The number of imidazole rings is 1. The van der Waals surface area contributed by atoms with Crippen molar-refractivity contribution < 1.29 is 4.79 Å². The third-order valence-electron chi connectivity index (χ3n) is 4.06. The molecule has 0 spiro atoms. The zero-order valence-electron chi connectivity index (χ0n) is 13.8. The molecular weight excluding hydrogens is 324 g/mol. The molecule has 2 heterocycles. The number of rotatable bonds is 3. The number of carbonyl (C=O) groups excluding carboxylic acids is 1. The van der Waals surface area contributed by atoms with E-state index in [0.717, 1.165) is 16.9 Å². The molecule has 2 aromatic carbocycles. The van der Waals surface area contributed by atoms with E-state index in [2.05, 4.69) is 10.3 Å². The average molecular weight is 338 g/mol. The number of carbonyl (C=O) groups is 1. The van der Waals surface area contributed by atoms with Gasteiger partial charge in [0, 0.05) is 29.2 Å². The highest BCUT2D eigenvalue weighted by Gasteiger charge is 2.08. The molecule has 0 aliphatic rings. The second kappa shape index (κ2) is 6.54. The van der Waals surface area contributed by atoms with Crippen molar-refractivity contribution in [1.82, 2.24) is 9.38 Å². The zero-order chi connectivity index (χ0) is 17.9. The summed E-state index contributed by atoms with van der Waals surface area (Å²) in [5, 5.41) is 11.8. The van der Waals surface area contributed by atoms with E-state index in [4.69, 9.17) is 5.26 Å². The zero-order valence-corrected chi connectivity index (χ0v) is 13.8. The van der Waals surface area contributed by atoms with Crippen LogP contribution in [0.15, 0.2) is 79.1 Å². The Kier molecular flexibility index (Phi) is 3.92. The Balaban J connectivity index is 1.54. The number of nitrogens with zero attached hydrogens (tertiary/aromatic N) is 3. The first-order chi connectivity index (χ1) is 12.7. The van der Waals surface area contributed by atoms with E-state index in [9.17, 15) is 4.79 Å². The molecule has 0 fully saturated rings. The van der Waals surface area contributed by atoms with Crippen molar-refractivity contribution in [2.75, 3.05) is 5.32 Å². The van der Waals surface area contributed by atoms with Gasteiger partial charge in [0.05, 0.1) is 17.3 Å². The van der Waals surface area contributed by atoms with Crippen molar-refractivity contribution in [3.63, 3.8) is 0 Å². The van der Waals surface area contributed by atoms with E-state index in [1.54, 1.807) is 24.3 Å². The van der Waals surface area contributed by atoms with Gasteiger partial charge in [0.15, 0.2) is 0 Å². The van der Waals surface area contributed by atoms with Gasteiger partial charge in [0.1, 0.15) is 5.65 Å². The molecule has 0 aliphatic carbocycles. The molecule has 0 saturated heterocycles. The molecule has 124 valence electrons. The Morgan fingerprint density at radius 3 is 2.65 bits per heavy atom. The lowest BCUT2D eigenvalue weighted by atomic mass is 10.1. The molecule has 0 unspecified atom stereocenters. The van der Waals surface area contributed by atoms with Gasteiger partial charge in [0.25, 0.3) is 5.91 Å². The van der Waals surface area contributed by atoms with Gasteiger partial charge in [-0.2, -0.15) is 5.26 Å². The third kappa shape index (κ3) is 3.04. The van der Waals surface area contributed by atoms with Crippen molar-refractivity contribution >= 4 is 17.2 Å². The second-order valence-corrected chi connectivity index (χ2v) is 5.82. The largest absolute Gasteiger partial charge is 0.322 e. The first-order valence-corrected chi connectivity index (χ1v) is 8.09. The fourth-order valence-electron chi connectivity index (χ4n) is 2.73. The summed E-state index contributed by atoms with van der Waals surface area (Å²) in [6, 6.07) is 22.0. The van der Waals surface area contributed by atoms with E-state index in [0.29, 0.717) is 16.8 Å². The van der Waals surface area contributed by atoms with E-state index in [1.807, 2.05) is 65.3 Å². The van der Waals surface area contributed by atoms with Crippen molar-refractivity contribution in [2.45, 2.75) is 0 Å². The number of benzene rings is 2. The molecule has 0 bridgehead atoms. The highest BCUT2D eigenvalue weighted by Crippen LogP contribution is 2.21. The minimum absolute atomic E-state index is 0.248. The van der Waals surface area contributed by atoms with Crippen LogP contribution in [0.2, 0.25) is 0 Å². The van der Waals surface area contributed by atoms with Crippen LogP contribution in [0.3, 0.4) is 0 Å². The summed E-state index contributed by atoms with van der Waals surface area (Å²) in [4.78, 5) is 16.9. The van der Waals surface area contributed by atoms with Crippen LogP contribution in [0.5, 0.6) is 0 Å². The van der Waals surface area contributed by atoms with Crippen LogP contribution in [-0.2, 0) is 0 Å². The summed E-state index contributed by atoms with van der Waals surface area (Å²) in [6.45, 7) is 0. The lowest BCUT2D eigenvalue weighted by Gasteiger charge is -2.06. The van der Waals surface area contributed by atoms with Crippen LogP contribution < -0.4 is 5.32 Å². The second-order valence-electron chi connectivity index (χ2n) is 5.82. The van der Waals surface area contributed by atoms with Crippen molar-refractivity contribution in [3.8, 4) is 17.3 Å². The molecule has 1 amide bonds. The first kappa shape index (κ1) is 15.6. The van der Waals surface area contributed by atoms with Gasteiger partial charge in [-0.3, -0.25) is 4.79 Å². The minimum Gasteiger partial charge on any atom is -0.322 e. The highest BCUT2D eigenvalue weighted by atomic mass is 16.1. The van der Waals surface area contributed by atoms with Crippen molar-refractivity contribution in [3.05, 3.63) is 90.3 Å². The van der Waals surface area contributed by atoms with Crippen LogP contribution in [0.1, 0.15) is 15.9 Å². The van der Waals surface area contributed by atoms with Gasteiger partial charge < -0.3 is 9.72 Å². The Bertz CT molecular complexity index is 1100. The predicted octanol–water partition coefficient (Wildman–Crippen LogP) is 4.13. The van der Waals surface area contributed by atoms with Crippen LogP contribution in [0, 0.1) is 11.3 Å². The lowest BCUT2D eigenvalue weighted by Crippen LogP contribution is -2.11. The fraction of sp³-hybridized carbons (Fsp3) is 0. The predicted molar refractivity (Wildman–Crippen MR) is 99.7 cm³/mol. The molecular formula is C21H14N4O. The number of fused-ring (bicyclic) bond motifs is 1. The molecule has 5 nitrogen and oxygen atoms in total. The summed E-state index contributed by atoms with van der Waals surface area (Å²) in [5.41, 5.74) is 4.32. The standard InChI is InChI=1S/C21H14N4O/c22-13-15-4-3-5-17(12-15)21(26)23-18-9-7-16(8-10-18)19-14-25-11-2-1-6-20(25)24-19/h1-12,14H,(H,23,26). The van der Waals surface area contributed by atoms with Crippen LogP contribution >= 0.6 is 0 Å². The molecule has 0 radical (unpaired) electrons. The monoisotopic (exact) mass is 338 g/mol. The van der Waals surface area contributed by atoms with E-state index in [1.165, 1.54) is 0 Å². The molecule has 4 aromatic rings. The average Bonchev–Trinajstić information content (AvgIpc) is 3.13. The number of anilines is 1. The number of hydrogen-bond acceptors (Lipinski definition) is 3. The van der Waals surface area contributed by atoms with E-state index >= 15 is 0 Å². The van der Waals surface area contributed by atoms with Crippen molar-refractivity contribution in [2.24, 2.45) is 0 Å². The van der Waals surface area contributed by atoms with E-state index < -0.39 is 0 Å². The van der Waals surface area contributed by atoms with Crippen LogP contribution in [0.25, 0.3) is 16.9 Å². The molecule has 0 aliphatic heterocycles. The maximum atomic E-state index is 12.3. The van der Waals surface area contributed by atoms with Gasteiger partial charge in [-0.15, -0.1) is 0 Å². The minimum atomic E-state index is -0.248. The Morgan fingerprint density at radius 1 is 1.04 bits per heavy atom. The molecule has 1 N–H and O–H groups in total. The maximum Gasteiger partial charge on any atom is 0.255 e. The van der Waals surface area contributed by atoms with Gasteiger partial charge in [0.2, 0.25) is 0 Å². The third-order valence-corrected chi connectivity index (χ3v) is 4.06. The molecule has 0 saturated carbocycles. The van der Waals surface area contributed by atoms with Crippen LogP contribution in [0.4, 0.5) is 5.69 Å². The molecule has 26 heavy (non-hydrogen) atoms. The van der Waals surface area contributed by atoms with Gasteiger partial charge in [-0.1, -0.05) is 24.3 Å². The lowest BCUT2D eigenvalue weighted by molar-refractivity contribution is 0.102. The first-order valence-electron chi connectivity index (χ1n) is 8.09. The van der Waals surface area contributed by atoms with Gasteiger partial charge in [-0.05, 0) is 42.5 Å². The summed E-state index contributed by atoms with van der Waals surface area (Å²) < 4.78 is 1.97. The van der Waals surface area contributed by atoms with Crippen LogP contribution in [-0.4, -0.2) is 15.3 Å². The fourth-order valence-corrected chi connectivity index (χ4v) is 2.73. The number of hydrogen-bond donors (Lipinski definition) is 1. The van der Waals surface area contributed by atoms with Gasteiger partial charge >= 0.3 is 0 Å². The number of aromatic nitrogens is 2. The summed E-state index contributed by atoms with van der Waals surface area (Å²) in [6.07, 6.45) is 3.92. The van der Waals surface area contributed by atoms with Crippen molar-refractivity contribution in [1.29, 1.82) is 5.26 Å². The number of pyridine rings is 1. The summed E-state index contributed by atoms with van der Waals surface area (Å²) >= 11 is 0. The summed E-state index contributed by atoms with van der Waals surface area (Å²) in [7, 11) is 0. The summed E-state index contributed by atoms with van der Waals surface area (Å²) in [5.74, 6) is -0.248. The van der Waals surface area contributed by atoms with E-state index in [-0.39, 0.29) is 5.91 Å². The topological polar surface area (TPSA) is 70.2 Å². The number of amides is 1. The molecule has 2 aromatic heterocycles.